The van der Waals surface area contributed by atoms with Crippen LogP contribution in [0.2, 0.25) is 0 Å². The van der Waals surface area contributed by atoms with Crippen LogP contribution in [-0.4, -0.2) is 36.0 Å². The van der Waals surface area contributed by atoms with E-state index in [4.69, 9.17) is 0 Å². The molecule has 0 radical (unpaired) electrons. The Morgan fingerprint density at radius 2 is 2.09 bits per heavy atom. The van der Waals surface area contributed by atoms with E-state index in [1.54, 1.807) is 0 Å². The Hall–Kier alpha value is -0.850. The van der Waals surface area contributed by atoms with Gasteiger partial charge in [-0.1, -0.05) is 25.3 Å². The van der Waals surface area contributed by atoms with Gasteiger partial charge in [0.25, 0.3) is 0 Å². The Morgan fingerprint density at radius 3 is 2.77 bits per heavy atom. The lowest BCUT2D eigenvalue weighted by molar-refractivity contribution is 0.203. The molecule has 22 heavy (non-hydrogen) atoms. The van der Waals surface area contributed by atoms with Crippen LogP contribution in [0.15, 0.2) is 29.4 Å². The van der Waals surface area contributed by atoms with Gasteiger partial charge >= 0.3 is 0 Å². The molecule has 1 aromatic heterocycles. The van der Waals surface area contributed by atoms with Crippen molar-refractivity contribution in [2.45, 2.75) is 45.1 Å². The van der Waals surface area contributed by atoms with Crippen LogP contribution in [0, 0.1) is 5.41 Å². The molecule has 2 heterocycles. The summed E-state index contributed by atoms with van der Waals surface area (Å²) in [5.41, 5.74) is 1.63. The van der Waals surface area contributed by atoms with Gasteiger partial charge in [-0.15, -0.1) is 24.0 Å². The zero-order chi connectivity index (χ0) is 14.5. The van der Waals surface area contributed by atoms with Crippen molar-refractivity contribution in [2.24, 2.45) is 10.4 Å². The number of likely N-dealkylation sites (tertiary alicyclic amines) is 1. The highest BCUT2D eigenvalue weighted by atomic mass is 127. The predicted molar refractivity (Wildman–Crippen MR) is 102 cm³/mol. The Balaban J connectivity index is 0.00000176. The summed E-state index contributed by atoms with van der Waals surface area (Å²) in [6, 6.07) is 6.03. The largest absolute Gasteiger partial charge is 0.351 e. The summed E-state index contributed by atoms with van der Waals surface area (Å²) < 4.78 is 0. The third kappa shape index (κ3) is 4.12. The zero-order valence-electron chi connectivity index (χ0n) is 13.4. The number of nitrogens with zero attached hydrogens (tertiary/aromatic N) is 3. The van der Waals surface area contributed by atoms with Gasteiger partial charge in [0.2, 0.25) is 0 Å². The minimum atomic E-state index is 0. The fraction of sp³-hybridized carbons (Fsp3) is 0.647. The standard InChI is InChI=1S/C17H26N4.HI/c1-18-16(20-13-15-7-3-6-11-19-15)21-12-10-17(14-21)8-4-2-5-9-17;/h3,6-7,11H,2,4-5,8-10,12-14H2,1H3,(H,18,20);1H. The van der Waals surface area contributed by atoms with Crippen molar-refractivity contribution >= 4 is 29.9 Å². The third-order valence-electron chi connectivity index (χ3n) is 5.02. The van der Waals surface area contributed by atoms with Gasteiger partial charge < -0.3 is 10.2 Å². The highest BCUT2D eigenvalue weighted by molar-refractivity contribution is 14.0. The van der Waals surface area contributed by atoms with E-state index in [-0.39, 0.29) is 24.0 Å². The van der Waals surface area contributed by atoms with Crippen molar-refractivity contribution in [3.63, 3.8) is 0 Å². The minimum Gasteiger partial charge on any atom is -0.351 e. The lowest BCUT2D eigenvalue weighted by Gasteiger charge is -2.33. The number of hydrogen-bond acceptors (Lipinski definition) is 2. The molecule has 1 aliphatic carbocycles. The van der Waals surface area contributed by atoms with E-state index in [2.05, 4.69) is 20.2 Å². The van der Waals surface area contributed by atoms with Gasteiger partial charge in [-0.25, -0.2) is 0 Å². The van der Waals surface area contributed by atoms with E-state index in [0.717, 1.165) is 24.7 Å². The van der Waals surface area contributed by atoms with E-state index < -0.39 is 0 Å². The van der Waals surface area contributed by atoms with E-state index in [1.165, 1.54) is 45.1 Å². The molecule has 2 aliphatic rings. The second-order valence-electron chi connectivity index (χ2n) is 6.45. The highest BCUT2D eigenvalue weighted by Gasteiger charge is 2.39. The number of nitrogens with one attached hydrogen (secondary N) is 1. The first-order valence-corrected chi connectivity index (χ1v) is 8.17. The number of aromatic nitrogens is 1. The SMILES string of the molecule is CN=C(NCc1ccccn1)N1CCC2(CCCCC2)C1.I. The molecule has 0 amide bonds. The molecular weight excluding hydrogens is 387 g/mol. The fourth-order valence-corrected chi connectivity index (χ4v) is 3.83. The molecule has 0 unspecified atom stereocenters. The Kier molecular flexibility index (Phi) is 6.47. The number of rotatable bonds is 2. The predicted octanol–water partition coefficient (Wildman–Crippen LogP) is 3.43. The van der Waals surface area contributed by atoms with E-state index >= 15 is 0 Å². The number of guanidine groups is 1. The van der Waals surface area contributed by atoms with Crippen molar-refractivity contribution in [3.05, 3.63) is 30.1 Å². The Morgan fingerprint density at radius 1 is 1.27 bits per heavy atom. The van der Waals surface area contributed by atoms with Gasteiger partial charge in [-0.05, 0) is 36.8 Å². The van der Waals surface area contributed by atoms with Crippen LogP contribution in [0.1, 0.15) is 44.2 Å². The number of aliphatic imine (C=N–C) groups is 1. The molecule has 1 saturated carbocycles. The average Bonchev–Trinajstić information content (AvgIpc) is 2.93. The third-order valence-corrected chi connectivity index (χ3v) is 5.02. The number of pyridine rings is 1. The van der Waals surface area contributed by atoms with Gasteiger partial charge in [0.1, 0.15) is 0 Å². The molecule has 2 fully saturated rings. The Labute approximate surface area is 150 Å². The summed E-state index contributed by atoms with van der Waals surface area (Å²) in [7, 11) is 1.88. The van der Waals surface area contributed by atoms with E-state index in [9.17, 15) is 0 Å². The first kappa shape index (κ1) is 17.5. The summed E-state index contributed by atoms with van der Waals surface area (Å²) >= 11 is 0. The molecule has 0 bridgehead atoms. The molecule has 1 aliphatic heterocycles. The zero-order valence-corrected chi connectivity index (χ0v) is 15.8. The molecule has 1 spiro atoms. The second-order valence-corrected chi connectivity index (χ2v) is 6.45. The maximum absolute atomic E-state index is 4.47. The minimum absolute atomic E-state index is 0. The fourth-order valence-electron chi connectivity index (χ4n) is 3.83. The summed E-state index contributed by atoms with van der Waals surface area (Å²) in [5.74, 6) is 1.03. The van der Waals surface area contributed by atoms with Crippen molar-refractivity contribution < 1.29 is 0 Å². The van der Waals surface area contributed by atoms with E-state index in [1.807, 2.05) is 31.4 Å². The van der Waals surface area contributed by atoms with Crippen LogP contribution >= 0.6 is 24.0 Å². The normalized spacial score (nSPS) is 20.8. The van der Waals surface area contributed by atoms with Gasteiger partial charge in [-0.3, -0.25) is 9.98 Å². The van der Waals surface area contributed by atoms with Crippen LogP contribution < -0.4 is 5.32 Å². The number of halogens is 1. The lowest BCUT2D eigenvalue weighted by Crippen LogP contribution is -2.41. The molecule has 122 valence electrons. The first-order chi connectivity index (χ1) is 10.3. The van der Waals surface area contributed by atoms with Crippen molar-refractivity contribution in [3.8, 4) is 0 Å². The maximum Gasteiger partial charge on any atom is 0.193 e. The van der Waals surface area contributed by atoms with Crippen LogP contribution in [0.5, 0.6) is 0 Å². The topological polar surface area (TPSA) is 40.5 Å². The Bertz CT molecular complexity index is 483. The molecule has 0 atom stereocenters. The van der Waals surface area contributed by atoms with Crippen LogP contribution in [0.4, 0.5) is 0 Å². The smallest absolute Gasteiger partial charge is 0.193 e. The van der Waals surface area contributed by atoms with Crippen molar-refractivity contribution in [2.75, 3.05) is 20.1 Å². The van der Waals surface area contributed by atoms with Gasteiger partial charge in [0, 0.05) is 26.3 Å². The molecule has 1 N–H and O–H groups in total. The van der Waals surface area contributed by atoms with Crippen molar-refractivity contribution in [1.82, 2.24) is 15.2 Å². The average molecular weight is 414 g/mol. The molecule has 3 rings (SSSR count). The maximum atomic E-state index is 4.47. The van der Waals surface area contributed by atoms with Gasteiger partial charge in [0.05, 0.1) is 12.2 Å². The monoisotopic (exact) mass is 414 g/mol. The van der Waals surface area contributed by atoms with Crippen LogP contribution in [0.25, 0.3) is 0 Å². The van der Waals surface area contributed by atoms with Gasteiger partial charge in [0.15, 0.2) is 5.96 Å². The highest BCUT2D eigenvalue weighted by Crippen LogP contribution is 2.43. The second kappa shape index (κ2) is 8.13. The van der Waals surface area contributed by atoms with Crippen LogP contribution in [-0.2, 0) is 6.54 Å². The molecular formula is C17H27IN4. The van der Waals surface area contributed by atoms with E-state index in [0.29, 0.717) is 5.41 Å². The molecule has 5 heteroatoms. The summed E-state index contributed by atoms with van der Waals surface area (Å²) in [5, 5.41) is 3.46. The summed E-state index contributed by atoms with van der Waals surface area (Å²) in [6.07, 6.45) is 10.2. The van der Waals surface area contributed by atoms with Crippen LogP contribution in [0.3, 0.4) is 0 Å². The quantitative estimate of drug-likeness (QED) is 0.458. The summed E-state index contributed by atoms with van der Waals surface area (Å²) in [6.45, 7) is 3.06. The first-order valence-electron chi connectivity index (χ1n) is 8.17. The van der Waals surface area contributed by atoms with Gasteiger partial charge in [-0.2, -0.15) is 0 Å². The summed E-state index contributed by atoms with van der Waals surface area (Å²) in [4.78, 5) is 11.3. The molecule has 4 nitrogen and oxygen atoms in total. The van der Waals surface area contributed by atoms with Crippen molar-refractivity contribution in [1.29, 1.82) is 0 Å². The molecule has 1 aromatic rings. The number of hydrogen-bond donors (Lipinski definition) is 1. The molecule has 0 aromatic carbocycles. The lowest BCUT2D eigenvalue weighted by atomic mass is 9.73. The molecule has 1 saturated heterocycles.